The van der Waals surface area contributed by atoms with Crippen molar-refractivity contribution in [2.75, 3.05) is 0 Å². The van der Waals surface area contributed by atoms with Gasteiger partial charge in [-0.25, -0.2) is 0 Å². The average molecular weight is 246 g/mol. The highest BCUT2D eigenvalue weighted by Crippen LogP contribution is 2.40. The van der Waals surface area contributed by atoms with Crippen molar-refractivity contribution in [3.63, 3.8) is 0 Å². The van der Waals surface area contributed by atoms with Crippen LogP contribution in [0.3, 0.4) is 0 Å². The summed E-state index contributed by atoms with van der Waals surface area (Å²) in [6.45, 7) is 2.04. The number of rotatable bonds is 6. The first-order valence-electron chi connectivity index (χ1n) is 6.83. The van der Waals surface area contributed by atoms with Gasteiger partial charge in [-0.05, 0) is 30.7 Å². The second-order valence-electron chi connectivity index (χ2n) is 5.13. The number of benzene rings is 1. The fraction of sp³-hybridized carbons (Fsp3) is 0.533. The molecule has 0 spiro atoms. The Hall–Kier alpha value is -1.35. The van der Waals surface area contributed by atoms with Crippen molar-refractivity contribution in [1.29, 1.82) is 0 Å². The third-order valence-electron chi connectivity index (χ3n) is 3.49. The molecular weight excluding hydrogens is 224 g/mol. The Balaban J connectivity index is 2.01. The van der Waals surface area contributed by atoms with Gasteiger partial charge < -0.3 is 11.1 Å². The van der Waals surface area contributed by atoms with E-state index < -0.39 is 0 Å². The highest BCUT2D eigenvalue weighted by atomic mass is 16.2. The van der Waals surface area contributed by atoms with E-state index in [1.54, 1.807) is 0 Å². The maximum Gasteiger partial charge on any atom is 0.237 e. The monoisotopic (exact) mass is 246 g/mol. The van der Waals surface area contributed by atoms with Gasteiger partial charge in [0.2, 0.25) is 5.91 Å². The Bertz CT molecular complexity index is 387. The van der Waals surface area contributed by atoms with Gasteiger partial charge in [-0.15, -0.1) is 0 Å². The zero-order valence-electron chi connectivity index (χ0n) is 10.9. The lowest BCUT2D eigenvalue weighted by atomic mass is 10.0. The molecule has 1 aromatic rings. The highest BCUT2D eigenvalue weighted by Gasteiger charge is 2.33. The molecule has 0 aliphatic heterocycles. The summed E-state index contributed by atoms with van der Waals surface area (Å²) in [5, 5.41) is 3.12. The van der Waals surface area contributed by atoms with E-state index >= 15 is 0 Å². The fourth-order valence-corrected chi connectivity index (χ4v) is 2.27. The second-order valence-corrected chi connectivity index (χ2v) is 5.13. The molecular formula is C15H22N2O. The lowest BCUT2D eigenvalue weighted by molar-refractivity contribution is -0.123. The molecule has 1 saturated carbocycles. The molecule has 0 radical (unpaired) electrons. The van der Waals surface area contributed by atoms with Gasteiger partial charge in [0.05, 0.1) is 12.1 Å². The summed E-state index contributed by atoms with van der Waals surface area (Å²) in [5.41, 5.74) is 7.05. The Kier molecular flexibility index (Phi) is 4.37. The van der Waals surface area contributed by atoms with Crippen LogP contribution < -0.4 is 11.1 Å². The third kappa shape index (κ3) is 3.33. The molecule has 18 heavy (non-hydrogen) atoms. The summed E-state index contributed by atoms with van der Waals surface area (Å²) >= 11 is 0. The van der Waals surface area contributed by atoms with E-state index in [1.165, 1.54) is 18.4 Å². The summed E-state index contributed by atoms with van der Waals surface area (Å²) in [4.78, 5) is 12.0. The van der Waals surface area contributed by atoms with Crippen molar-refractivity contribution in [2.24, 2.45) is 11.7 Å². The summed E-state index contributed by atoms with van der Waals surface area (Å²) in [5.74, 6) is 0.572. The molecule has 3 heteroatoms. The lowest BCUT2D eigenvalue weighted by Gasteiger charge is -2.21. The molecule has 1 aliphatic carbocycles. The van der Waals surface area contributed by atoms with Crippen LogP contribution in [0.25, 0.3) is 0 Å². The Labute approximate surface area is 109 Å². The zero-order valence-corrected chi connectivity index (χ0v) is 10.9. The maximum absolute atomic E-state index is 12.0. The largest absolute Gasteiger partial charge is 0.348 e. The van der Waals surface area contributed by atoms with Crippen LogP contribution in [0, 0.1) is 5.92 Å². The van der Waals surface area contributed by atoms with Gasteiger partial charge in [-0.1, -0.05) is 43.7 Å². The topological polar surface area (TPSA) is 55.1 Å². The summed E-state index contributed by atoms with van der Waals surface area (Å²) in [7, 11) is 0. The standard InChI is InChI=1S/C15H22N2O/c1-2-6-13(16)15(18)17-14(12-9-10-12)11-7-4-3-5-8-11/h3-5,7-8,12-14H,2,6,9-10,16H2,1H3,(H,17,18). The summed E-state index contributed by atoms with van der Waals surface area (Å²) < 4.78 is 0. The minimum absolute atomic E-state index is 0.0161. The minimum atomic E-state index is -0.375. The molecule has 98 valence electrons. The van der Waals surface area contributed by atoms with Crippen LogP contribution in [0.5, 0.6) is 0 Å². The molecule has 3 N–H and O–H groups in total. The summed E-state index contributed by atoms with van der Waals surface area (Å²) in [6, 6.07) is 9.95. The SMILES string of the molecule is CCCC(N)C(=O)NC(c1ccccc1)C1CC1. The van der Waals surface area contributed by atoms with E-state index in [4.69, 9.17) is 5.73 Å². The number of hydrogen-bond donors (Lipinski definition) is 2. The van der Waals surface area contributed by atoms with Crippen LogP contribution >= 0.6 is 0 Å². The minimum Gasteiger partial charge on any atom is -0.348 e. The molecule has 2 rings (SSSR count). The van der Waals surface area contributed by atoms with Crippen LogP contribution in [0.2, 0.25) is 0 Å². The van der Waals surface area contributed by atoms with Crippen molar-refractivity contribution < 1.29 is 4.79 Å². The first-order valence-corrected chi connectivity index (χ1v) is 6.83. The quantitative estimate of drug-likeness (QED) is 0.809. The van der Waals surface area contributed by atoms with Crippen molar-refractivity contribution >= 4 is 5.91 Å². The summed E-state index contributed by atoms with van der Waals surface area (Å²) in [6.07, 6.45) is 4.08. The van der Waals surface area contributed by atoms with E-state index in [0.29, 0.717) is 5.92 Å². The normalized spacial score (nSPS) is 18.1. The number of amides is 1. The van der Waals surface area contributed by atoms with Crippen LogP contribution in [-0.4, -0.2) is 11.9 Å². The van der Waals surface area contributed by atoms with Gasteiger partial charge in [0, 0.05) is 0 Å². The molecule has 0 aromatic heterocycles. The number of carbonyl (C=O) groups excluding carboxylic acids is 1. The number of hydrogen-bond acceptors (Lipinski definition) is 2. The third-order valence-corrected chi connectivity index (χ3v) is 3.49. The van der Waals surface area contributed by atoms with Crippen molar-refractivity contribution in [2.45, 2.75) is 44.7 Å². The van der Waals surface area contributed by atoms with Crippen LogP contribution in [-0.2, 0) is 4.79 Å². The first-order chi connectivity index (χ1) is 8.72. The Morgan fingerprint density at radius 1 is 1.39 bits per heavy atom. The highest BCUT2D eigenvalue weighted by molar-refractivity contribution is 5.81. The molecule has 2 atom stereocenters. The van der Waals surface area contributed by atoms with Crippen LogP contribution in [0.1, 0.15) is 44.2 Å². The van der Waals surface area contributed by atoms with E-state index in [1.807, 2.05) is 25.1 Å². The molecule has 0 heterocycles. The first kappa shape index (κ1) is 13.1. The lowest BCUT2D eigenvalue weighted by Crippen LogP contribution is -2.42. The number of nitrogens with two attached hydrogens (primary N) is 1. The van der Waals surface area contributed by atoms with Gasteiger partial charge in [0.15, 0.2) is 0 Å². The molecule has 1 aliphatic rings. The van der Waals surface area contributed by atoms with E-state index in [-0.39, 0.29) is 18.0 Å². The number of nitrogens with one attached hydrogen (secondary N) is 1. The van der Waals surface area contributed by atoms with E-state index in [2.05, 4.69) is 17.4 Å². The Morgan fingerprint density at radius 3 is 2.61 bits per heavy atom. The smallest absolute Gasteiger partial charge is 0.237 e. The van der Waals surface area contributed by atoms with Gasteiger partial charge >= 0.3 is 0 Å². The predicted octanol–water partition coefficient (Wildman–Crippen LogP) is 2.38. The molecule has 0 saturated heterocycles. The van der Waals surface area contributed by atoms with Gasteiger partial charge in [0.1, 0.15) is 0 Å². The van der Waals surface area contributed by atoms with E-state index in [9.17, 15) is 4.79 Å². The predicted molar refractivity (Wildman–Crippen MR) is 72.9 cm³/mol. The van der Waals surface area contributed by atoms with Crippen molar-refractivity contribution in [1.82, 2.24) is 5.32 Å². The zero-order chi connectivity index (χ0) is 13.0. The molecule has 2 unspecified atom stereocenters. The molecule has 1 amide bonds. The Morgan fingerprint density at radius 2 is 2.06 bits per heavy atom. The van der Waals surface area contributed by atoms with Crippen molar-refractivity contribution in [3.8, 4) is 0 Å². The van der Waals surface area contributed by atoms with Gasteiger partial charge in [0.25, 0.3) is 0 Å². The molecule has 1 aromatic carbocycles. The van der Waals surface area contributed by atoms with Gasteiger partial charge in [-0.3, -0.25) is 4.79 Å². The maximum atomic E-state index is 12.0. The van der Waals surface area contributed by atoms with Gasteiger partial charge in [-0.2, -0.15) is 0 Å². The second kappa shape index (κ2) is 6.01. The number of carbonyl (C=O) groups is 1. The molecule has 1 fully saturated rings. The van der Waals surface area contributed by atoms with Crippen LogP contribution in [0.4, 0.5) is 0 Å². The van der Waals surface area contributed by atoms with Crippen LogP contribution in [0.15, 0.2) is 30.3 Å². The fourth-order valence-electron chi connectivity index (χ4n) is 2.27. The molecule has 3 nitrogen and oxygen atoms in total. The van der Waals surface area contributed by atoms with E-state index in [0.717, 1.165) is 12.8 Å². The molecule has 0 bridgehead atoms. The average Bonchev–Trinajstić information content (AvgIpc) is 3.21. The van der Waals surface area contributed by atoms with Crippen molar-refractivity contribution in [3.05, 3.63) is 35.9 Å².